The number of rotatable bonds is 9. The highest BCUT2D eigenvalue weighted by Crippen LogP contribution is 2.56. The molecule has 0 radical (unpaired) electrons. The number of hydrogen-bond acceptors (Lipinski definition) is 9. The average Bonchev–Trinajstić information content (AvgIpc) is 3.94. The number of carbonyl (C=O) groups excluding carboxylic acids is 1. The molecule has 0 spiro atoms. The molecule has 67 heavy (non-hydrogen) atoms. The van der Waals surface area contributed by atoms with Gasteiger partial charge < -0.3 is 19.3 Å². The third-order valence-corrected chi connectivity index (χ3v) is 14.2. The van der Waals surface area contributed by atoms with Crippen LogP contribution in [0.4, 0.5) is 8.78 Å². The van der Waals surface area contributed by atoms with E-state index in [1.54, 1.807) is 61.7 Å². The van der Waals surface area contributed by atoms with Gasteiger partial charge in [0.1, 0.15) is 22.9 Å². The quantitative estimate of drug-likeness (QED) is 0.156. The molecule has 2 aliphatic heterocycles. The van der Waals surface area contributed by atoms with Crippen molar-refractivity contribution in [2.75, 3.05) is 19.8 Å². The van der Waals surface area contributed by atoms with Crippen LogP contribution in [0.15, 0.2) is 81.2 Å². The van der Waals surface area contributed by atoms with E-state index >= 15 is 13.6 Å². The van der Waals surface area contributed by atoms with Crippen molar-refractivity contribution in [3.8, 4) is 17.2 Å². The number of aliphatic hydroxyl groups is 1. The lowest BCUT2D eigenvalue weighted by molar-refractivity contribution is 0.0590. The summed E-state index contributed by atoms with van der Waals surface area (Å²) in [6, 6.07) is 14.1. The number of carbonyl (C=O) groups is 1. The van der Waals surface area contributed by atoms with Crippen LogP contribution in [-0.2, 0) is 23.2 Å². The SMILES string of the molecule is Cc1cc(-n2nc3c(c2-n2ccn(-c4ccc5c(cnn5CC(C)(C)O)c4F)c2=O)[C@H](C)N(C(=O)c2cc4cc(C5CCOCC5)ccc4n2[C@@]2(c4noc(=O)[nH]4)C[C@@H]2C)CC3)cc(C)c1F. The van der Waals surface area contributed by atoms with Crippen LogP contribution < -0.4 is 11.4 Å². The van der Waals surface area contributed by atoms with E-state index in [1.807, 2.05) is 23.6 Å². The number of aromatic nitrogens is 9. The van der Waals surface area contributed by atoms with Crippen molar-refractivity contribution in [1.29, 1.82) is 0 Å². The number of amides is 1. The summed E-state index contributed by atoms with van der Waals surface area (Å²) in [6.07, 6.45) is 7.11. The molecule has 2 fully saturated rings. The molecule has 11 rings (SSSR count). The maximum Gasteiger partial charge on any atom is 0.438 e. The van der Waals surface area contributed by atoms with Gasteiger partial charge in [0.05, 0.1) is 52.4 Å². The molecule has 8 aromatic rings. The van der Waals surface area contributed by atoms with Crippen LogP contribution in [0.25, 0.3) is 39.0 Å². The van der Waals surface area contributed by atoms with Gasteiger partial charge in [-0.3, -0.25) is 28.1 Å². The Hall–Kier alpha value is -6.92. The van der Waals surface area contributed by atoms with E-state index in [4.69, 9.17) is 14.4 Å². The Labute approximate surface area is 382 Å². The smallest absolute Gasteiger partial charge is 0.389 e. The van der Waals surface area contributed by atoms with Crippen LogP contribution in [0.2, 0.25) is 0 Å². The molecule has 18 heteroatoms. The number of halogens is 2. The van der Waals surface area contributed by atoms with Crippen molar-refractivity contribution in [2.45, 2.75) is 96.9 Å². The standard InChI is InChI=1S/C49H50F2N10O6/c1-26-19-33(20-27(2)41(26)50)61-43(58-16-15-57(47(58)64)38-10-9-37-34(42(38)51)24-52-59(37)25-48(5,6)65)40-29(4)56(14-11-35(40)54-61)44(62)39-22-32-21-31(30-12-17-66-18-13-30)7-8-36(32)60(39)49(23-28(49)3)45-53-46(63)67-55-45/h7-10,15-16,19-22,24,28-30,65H,11-14,17-18,23,25H2,1-6H3,(H,53,55,63)/t28-,29-,49-/m0/s1. The molecule has 3 aliphatic rings. The van der Waals surface area contributed by atoms with E-state index in [0.717, 1.165) is 29.3 Å². The number of H-pyrrole nitrogens is 1. The Morgan fingerprint density at radius 3 is 2.37 bits per heavy atom. The molecule has 0 unspecified atom stereocenters. The van der Waals surface area contributed by atoms with Gasteiger partial charge in [-0.1, -0.05) is 18.1 Å². The molecular formula is C49H50F2N10O6. The molecule has 7 heterocycles. The van der Waals surface area contributed by atoms with Gasteiger partial charge in [0.2, 0.25) is 0 Å². The Bertz CT molecular complexity index is 3410. The first-order chi connectivity index (χ1) is 32.0. The summed E-state index contributed by atoms with van der Waals surface area (Å²) in [7, 11) is 0. The zero-order valence-corrected chi connectivity index (χ0v) is 38.0. The van der Waals surface area contributed by atoms with Crippen molar-refractivity contribution < 1.29 is 27.9 Å². The van der Waals surface area contributed by atoms with Gasteiger partial charge in [-0.15, -0.1) is 0 Å². The summed E-state index contributed by atoms with van der Waals surface area (Å²) in [6.45, 7) is 12.3. The number of fused-ring (bicyclic) bond motifs is 3. The summed E-state index contributed by atoms with van der Waals surface area (Å²) in [4.78, 5) is 47.3. The number of imidazole rings is 1. The molecule has 1 saturated carbocycles. The maximum atomic E-state index is 16.5. The summed E-state index contributed by atoms with van der Waals surface area (Å²) in [5.74, 6) is -1.02. The highest BCUT2D eigenvalue weighted by Gasteiger charge is 2.59. The topological polar surface area (TPSA) is 176 Å². The van der Waals surface area contributed by atoms with Gasteiger partial charge in [-0.2, -0.15) is 10.2 Å². The number of ether oxygens (including phenoxy) is 1. The van der Waals surface area contributed by atoms with E-state index in [2.05, 4.69) is 34.3 Å². The second-order valence-corrected chi connectivity index (χ2v) is 19.2. The minimum atomic E-state index is -1.10. The molecule has 3 aromatic carbocycles. The number of aryl methyl sites for hydroxylation is 2. The summed E-state index contributed by atoms with van der Waals surface area (Å²) in [5, 5.41) is 25.0. The normalized spacial score (nSPS) is 20.0. The third kappa shape index (κ3) is 6.73. The number of nitrogens with one attached hydrogen (secondary N) is 1. The zero-order chi connectivity index (χ0) is 46.8. The molecule has 0 bridgehead atoms. The molecule has 5 aromatic heterocycles. The number of benzene rings is 3. The second-order valence-electron chi connectivity index (χ2n) is 19.2. The largest absolute Gasteiger partial charge is 0.438 e. The van der Waals surface area contributed by atoms with Gasteiger partial charge in [-0.05, 0) is 125 Å². The fourth-order valence-electron chi connectivity index (χ4n) is 10.7. The Balaban J connectivity index is 1.05. The van der Waals surface area contributed by atoms with E-state index in [1.165, 1.54) is 32.3 Å². The van der Waals surface area contributed by atoms with Crippen LogP contribution in [0.5, 0.6) is 0 Å². The van der Waals surface area contributed by atoms with Crippen LogP contribution in [0.3, 0.4) is 0 Å². The lowest BCUT2D eigenvalue weighted by Crippen LogP contribution is -2.41. The van der Waals surface area contributed by atoms with Gasteiger partial charge in [-0.25, -0.2) is 23.1 Å². The van der Waals surface area contributed by atoms with Crippen molar-refractivity contribution in [3.63, 3.8) is 0 Å². The fourth-order valence-corrected chi connectivity index (χ4v) is 10.7. The van der Waals surface area contributed by atoms with Crippen molar-refractivity contribution in [3.05, 3.63) is 139 Å². The summed E-state index contributed by atoms with van der Waals surface area (Å²) >= 11 is 0. The van der Waals surface area contributed by atoms with E-state index in [9.17, 15) is 14.7 Å². The summed E-state index contributed by atoms with van der Waals surface area (Å²) in [5.41, 5.74) is 2.77. The van der Waals surface area contributed by atoms with Gasteiger partial charge in [0.25, 0.3) is 5.91 Å². The Kier molecular flexibility index (Phi) is 9.76. The highest BCUT2D eigenvalue weighted by atomic mass is 19.1. The van der Waals surface area contributed by atoms with Crippen molar-refractivity contribution in [1.82, 2.24) is 48.3 Å². The predicted molar refractivity (Wildman–Crippen MR) is 243 cm³/mol. The van der Waals surface area contributed by atoms with E-state index in [0.29, 0.717) is 82.9 Å². The molecule has 346 valence electrons. The fraction of sp³-hybridized carbons (Fsp3) is 0.388. The monoisotopic (exact) mass is 912 g/mol. The molecule has 2 N–H and O–H groups in total. The first-order valence-electron chi connectivity index (χ1n) is 22.7. The van der Waals surface area contributed by atoms with Crippen molar-refractivity contribution >= 4 is 27.7 Å². The van der Waals surface area contributed by atoms with Gasteiger partial charge >= 0.3 is 11.4 Å². The number of nitrogens with zero attached hydrogens (tertiary/aromatic N) is 9. The Morgan fingerprint density at radius 1 is 0.970 bits per heavy atom. The van der Waals surface area contributed by atoms with Gasteiger partial charge in [0, 0.05) is 55.0 Å². The maximum absolute atomic E-state index is 16.5. The minimum Gasteiger partial charge on any atom is -0.389 e. The van der Waals surface area contributed by atoms with Crippen LogP contribution in [0.1, 0.15) is 103 Å². The number of aromatic amines is 1. The third-order valence-electron chi connectivity index (χ3n) is 14.2. The lowest BCUT2D eigenvalue weighted by atomic mass is 9.91. The molecule has 1 saturated heterocycles. The van der Waals surface area contributed by atoms with Crippen molar-refractivity contribution in [2.24, 2.45) is 5.92 Å². The Morgan fingerprint density at radius 2 is 1.69 bits per heavy atom. The van der Waals surface area contributed by atoms with Crippen LogP contribution >= 0.6 is 0 Å². The van der Waals surface area contributed by atoms with E-state index < -0.39 is 34.4 Å². The minimum absolute atomic E-state index is 0.00580. The zero-order valence-electron chi connectivity index (χ0n) is 38.0. The predicted octanol–water partition coefficient (Wildman–Crippen LogP) is 6.90. The lowest BCUT2D eigenvalue weighted by Gasteiger charge is -2.34. The highest BCUT2D eigenvalue weighted by molar-refractivity contribution is 6.00. The molecule has 3 atom stereocenters. The second kappa shape index (κ2) is 15.3. The van der Waals surface area contributed by atoms with E-state index in [-0.39, 0.29) is 41.8 Å². The molecule has 1 amide bonds. The first kappa shape index (κ1) is 42.7. The molecule has 1 aliphatic carbocycles. The average molecular weight is 913 g/mol. The van der Waals surface area contributed by atoms with Gasteiger partial charge in [0.15, 0.2) is 11.6 Å². The van der Waals surface area contributed by atoms with Crippen LogP contribution in [-0.4, -0.2) is 84.7 Å². The van der Waals surface area contributed by atoms with Crippen LogP contribution in [0, 0.1) is 31.4 Å². The molecular weight excluding hydrogens is 863 g/mol. The summed E-state index contributed by atoms with van der Waals surface area (Å²) < 4.78 is 50.1. The molecule has 16 nitrogen and oxygen atoms in total. The first-order valence-corrected chi connectivity index (χ1v) is 22.7. The number of hydrogen-bond donors (Lipinski definition) is 2.